The summed E-state index contributed by atoms with van der Waals surface area (Å²) in [4.78, 5) is 8.63. The van der Waals surface area contributed by atoms with Gasteiger partial charge in [0.05, 0.1) is 12.8 Å². The monoisotopic (exact) mass is 261 g/mol. The number of hydrogen-bond acceptors (Lipinski definition) is 4. The highest BCUT2D eigenvalue weighted by Gasteiger charge is 2.09. The smallest absolute Gasteiger partial charge is 0.216 e. The van der Waals surface area contributed by atoms with E-state index in [1.807, 2.05) is 6.92 Å². The molecule has 0 fully saturated rings. The van der Waals surface area contributed by atoms with Crippen molar-refractivity contribution in [2.24, 2.45) is 5.73 Å². The average molecular weight is 261 g/mol. The summed E-state index contributed by atoms with van der Waals surface area (Å²) in [6, 6.07) is 7.89. The molecule has 100 valence electrons. The lowest BCUT2D eigenvalue weighted by Gasteiger charge is -2.09. The minimum atomic E-state index is -0.302. The van der Waals surface area contributed by atoms with Crippen LogP contribution in [0.15, 0.2) is 30.3 Å². The summed E-state index contributed by atoms with van der Waals surface area (Å²) in [6.45, 7) is 1.88. The van der Waals surface area contributed by atoms with Crippen LogP contribution in [0.3, 0.4) is 0 Å². The predicted molar refractivity (Wildman–Crippen MR) is 71.3 cm³/mol. The normalized spacial score (nSPS) is 12.2. The largest absolute Gasteiger partial charge is 0.481 e. The van der Waals surface area contributed by atoms with Crippen LogP contribution in [-0.4, -0.2) is 23.1 Å². The van der Waals surface area contributed by atoms with Gasteiger partial charge in [-0.2, -0.15) is 4.98 Å². The van der Waals surface area contributed by atoms with E-state index in [1.54, 1.807) is 18.2 Å². The molecule has 0 saturated heterocycles. The van der Waals surface area contributed by atoms with Gasteiger partial charge in [-0.15, -0.1) is 0 Å². The highest BCUT2D eigenvalue weighted by molar-refractivity contribution is 5.60. The first-order valence-corrected chi connectivity index (χ1v) is 6.02. The number of nitrogens with zero attached hydrogens (tertiary/aromatic N) is 2. The molecule has 1 aromatic heterocycles. The topological polar surface area (TPSA) is 61.0 Å². The van der Waals surface area contributed by atoms with Crippen LogP contribution in [0.25, 0.3) is 11.3 Å². The van der Waals surface area contributed by atoms with Gasteiger partial charge in [0.15, 0.2) is 0 Å². The third kappa shape index (κ3) is 3.48. The van der Waals surface area contributed by atoms with Crippen LogP contribution in [0, 0.1) is 5.82 Å². The van der Waals surface area contributed by atoms with Crippen LogP contribution < -0.4 is 10.5 Å². The third-order valence-electron chi connectivity index (χ3n) is 2.58. The molecule has 2 rings (SSSR count). The second-order valence-electron chi connectivity index (χ2n) is 4.40. The molecule has 2 N–H and O–H groups in total. The van der Waals surface area contributed by atoms with Crippen molar-refractivity contribution in [2.75, 3.05) is 7.11 Å². The van der Waals surface area contributed by atoms with Crippen LogP contribution in [0.1, 0.15) is 12.7 Å². The Hall–Kier alpha value is -2.01. The highest BCUT2D eigenvalue weighted by atomic mass is 19.1. The molecule has 1 heterocycles. The van der Waals surface area contributed by atoms with Crippen molar-refractivity contribution in [3.8, 4) is 17.1 Å². The number of hydrogen-bond donors (Lipinski definition) is 1. The molecule has 0 amide bonds. The maximum atomic E-state index is 13.3. The summed E-state index contributed by atoms with van der Waals surface area (Å²) >= 11 is 0. The van der Waals surface area contributed by atoms with Gasteiger partial charge in [-0.25, -0.2) is 9.37 Å². The Bertz CT molecular complexity index is 572. The van der Waals surface area contributed by atoms with Crippen molar-refractivity contribution in [1.82, 2.24) is 9.97 Å². The molecule has 0 aliphatic rings. The van der Waals surface area contributed by atoms with Crippen molar-refractivity contribution >= 4 is 0 Å². The van der Waals surface area contributed by atoms with Crippen LogP contribution in [0.2, 0.25) is 0 Å². The van der Waals surface area contributed by atoms with E-state index in [0.29, 0.717) is 29.4 Å². The number of aromatic nitrogens is 2. The molecule has 0 aliphatic heterocycles. The number of ether oxygens (including phenoxy) is 1. The fourth-order valence-electron chi connectivity index (χ4n) is 1.75. The van der Waals surface area contributed by atoms with E-state index in [0.717, 1.165) is 0 Å². The summed E-state index contributed by atoms with van der Waals surface area (Å²) in [5.74, 6) is 0.738. The molecule has 0 bridgehead atoms. The summed E-state index contributed by atoms with van der Waals surface area (Å²) in [6.07, 6.45) is 0.541. The number of nitrogens with two attached hydrogens (primary N) is 1. The molecule has 0 spiro atoms. The van der Waals surface area contributed by atoms with E-state index < -0.39 is 0 Å². The van der Waals surface area contributed by atoms with Crippen LogP contribution in [-0.2, 0) is 6.42 Å². The minimum Gasteiger partial charge on any atom is -0.481 e. The van der Waals surface area contributed by atoms with Gasteiger partial charge in [0.2, 0.25) is 5.88 Å². The fraction of sp³-hybridized carbons (Fsp3) is 0.286. The second-order valence-corrected chi connectivity index (χ2v) is 4.40. The van der Waals surface area contributed by atoms with Crippen molar-refractivity contribution in [3.05, 3.63) is 42.0 Å². The quantitative estimate of drug-likeness (QED) is 0.916. The van der Waals surface area contributed by atoms with Crippen molar-refractivity contribution < 1.29 is 9.13 Å². The van der Waals surface area contributed by atoms with Crippen LogP contribution in [0.4, 0.5) is 4.39 Å². The van der Waals surface area contributed by atoms with Crippen LogP contribution >= 0.6 is 0 Å². The number of halogens is 1. The highest BCUT2D eigenvalue weighted by Crippen LogP contribution is 2.21. The van der Waals surface area contributed by atoms with Gasteiger partial charge in [-0.1, -0.05) is 12.1 Å². The molecule has 0 saturated carbocycles. The molecule has 19 heavy (non-hydrogen) atoms. The molecular weight excluding hydrogens is 245 g/mol. The number of methoxy groups -OCH3 is 1. The Labute approximate surface area is 111 Å². The van der Waals surface area contributed by atoms with E-state index in [1.165, 1.54) is 19.2 Å². The summed E-state index contributed by atoms with van der Waals surface area (Å²) in [5, 5.41) is 0. The lowest BCUT2D eigenvalue weighted by atomic mass is 10.1. The predicted octanol–water partition coefficient (Wildman–Crippen LogP) is 2.18. The van der Waals surface area contributed by atoms with Gasteiger partial charge in [0.1, 0.15) is 11.6 Å². The summed E-state index contributed by atoms with van der Waals surface area (Å²) in [5.41, 5.74) is 7.06. The summed E-state index contributed by atoms with van der Waals surface area (Å²) < 4.78 is 18.4. The number of benzene rings is 1. The first-order valence-electron chi connectivity index (χ1n) is 6.02. The van der Waals surface area contributed by atoms with Gasteiger partial charge in [-0.3, -0.25) is 0 Å². The third-order valence-corrected chi connectivity index (χ3v) is 2.58. The Morgan fingerprint density at radius 3 is 2.74 bits per heavy atom. The Balaban J connectivity index is 2.44. The first-order chi connectivity index (χ1) is 9.08. The van der Waals surface area contributed by atoms with E-state index in [-0.39, 0.29) is 11.9 Å². The second kappa shape index (κ2) is 5.75. The zero-order valence-corrected chi connectivity index (χ0v) is 10.9. The minimum absolute atomic E-state index is 0.0486. The van der Waals surface area contributed by atoms with Gasteiger partial charge >= 0.3 is 0 Å². The standard InChI is InChI=1S/C14H16FN3O/c1-9(16)6-13-17-12(8-14(18-13)19-2)10-4-3-5-11(15)7-10/h3-5,7-9H,6,16H2,1-2H3. The van der Waals surface area contributed by atoms with Crippen LogP contribution in [0.5, 0.6) is 5.88 Å². The Morgan fingerprint density at radius 1 is 1.32 bits per heavy atom. The van der Waals surface area contributed by atoms with E-state index in [2.05, 4.69) is 9.97 Å². The van der Waals surface area contributed by atoms with E-state index >= 15 is 0 Å². The Kier molecular flexibility index (Phi) is 4.06. The molecule has 0 radical (unpaired) electrons. The maximum absolute atomic E-state index is 13.3. The molecule has 4 nitrogen and oxygen atoms in total. The SMILES string of the molecule is COc1cc(-c2cccc(F)c2)nc(CC(C)N)n1. The maximum Gasteiger partial charge on any atom is 0.216 e. The molecule has 2 aromatic rings. The molecule has 1 unspecified atom stereocenters. The van der Waals surface area contributed by atoms with Crippen molar-refractivity contribution in [2.45, 2.75) is 19.4 Å². The van der Waals surface area contributed by atoms with Crippen molar-refractivity contribution in [3.63, 3.8) is 0 Å². The number of rotatable bonds is 4. The van der Waals surface area contributed by atoms with E-state index in [4.69, 9.17) is 10.5 Å². The lowest BCUT2D eigenvalue weighted by Crippen LogP contribution is -2.19. The summed E-state index contributed by atoms with van der Waals surface area (Å²) in [7, 11) is 1.54. The first kappa shape index (κ1) is 13.4. The lowest BCUT2D eigenvalue weighted by molar-refractivity contribution is 0.394. The average Bonchev–Trinajstić information content (AvgIpc) is 2.37. The molecule has 5 heteroatoms. The molecule has 1 atom stereocenters. The van der Waals surface area contributed by atoms with Gasteiger partial charge in [-0.05, 0) is 19.1 Å². The molecule has 0 aliphatic carbocycles. The Morgan fingerprint density at radius 2 is 2.11 bits per heavy atom. The zero-order chi connectivity index (χ0) is 13.8. The van der Waals surface area contributed by atoms with Gasteiger partial charge in [0.25, 0.3) is 0 Å². The molecular formula is C14H16FN3O. The van der Waals surface area contributed by atoms with Gasteiger partial charge < -0.3 is 10.5 Å². The van der Waals surface area contributed by atoms with Gasteiger partial charge in [0, 0.05) is 24.1 Å². The molecule has 1 aromatic carbocycles. The van der Waals surface area contributed by atoms with E-state index in [9.17, 15) is 4.39 Å². The zero-order valence-electron chi connectivity index (χ0n) is 10.9. The van der Waals surface area contributed by atoms with Crippen molar-refractivity contribution in [1.29, 1.82) is 0 Å². The fourth-order valence-corrected chi connectivity index (χ4v) is 1.75.